The number of aromatic nitrogens is 2. The van der Waals surface area contributed by atoms with Crippen LogP contribution in [0.1, 0.15) is 19.4 Å². The molecule has 0 aliphatic rings. The van der Waals surface area contributed by atoms with Gasteiger partial charge in [-0.3, -0.25) is 4.79 Å². The average Bonchev–Trinajstić information content (AvgIpc) is 2.95. The van der Waals surface area contributed by atoms with Crippen LogP contribution in [-0.2, 0) is 4.79 Å². The summed E-state index contributed by atoms with van der Waals surface area (Å²) in [5.41, 5.74) is 1.12. The Morgan fingerprint density at radius 1 is 1.50 bits per heavy atom. The van der Waals surface area contributed by atoms with Crippen molar-refractivity contribution in [2.24, 2.45) is 0 Å². The van der Waals surface area contributed by atoms with Crippen LogP contribution >= 0.6 is 23.1 Å². The normalized spacial score (nSPS) is 11.5. The lowest BCUT2D eigenvalue weighted by Gasteiger charge is -2.10. The molecule has 0 radical (unpaired) electrons. The second-order valence-electron chi connectivity index (χ2n) is 4.35. The minimum absolute atomic E-state index is 0.139. The van der Waals surface area contributed by atoms with E-state index in [9.17, 15) is 4.79 Å². The molecule has 0 fully saturated rings. The molecule has 6 nitrogen and oxygen atoms in total. The summed E-state index contributed by atoms with van der Waals surface area (Å²) in [6.07, 6.45) is 0. The van der Waals surface area contributed by atoms with Crippen LogP contribution in [0, 0.1) is 11.3 Å². The number of rotatable bonds is 6. The lowest BCUT2D eigenvalue weighted by Crippen LogP contribution is -2.22. The fourth-order valence-corrected chi connectivity index (χ4v) is 3.56. The maximum Gasteiger partial charge on any atom is 0.237 e. The summed E-state index contributed by atoms with van der Waals surface area (Å²) < 4.78 is 0.740. The molecule has 114 valence electrons. The summed E-state index contributed by atoms with van der Waals surface area (Å²) in [6, 6.07) is 8.87. The molecule has 1 amide bonds. The maximum absolute atomic E-state index is 12.2. The highest BCUT2D eigenvalue weighted by Gasteiger charge is 2.17. The Labute approximate surface area is 137 Å². The first-order valence-corrected chi connectivity index (χ1v) is 8.37. The summed E-state index contributed by atoms with van der Waals surface area (Å²) in [6.45, 7) is 4.58. The molecule has 0 unspecified atom stereocenters. The number of nitriles is 1. The van der Waals surface area contributed by atoms with Gasteiger partial charge in [0.2, 0.25) is 11.0 Å². The quantitative estimate of drug-likeness (QED) is 0.790. The number of benzene rings is 1. The number of nitrogens with zero attached hydrogens (tertiary/aromatic N) is 3. The van der Waals surface area contributed by atoms with Crippen LogP contribution in [0.2, 0.25) is 0 Å². The second-order valence-corrected chi connectivity index (χ2v) is 6.91. The number of anilines is 2. The number of nitrogens with one attached hydrogen (secondary N) is 2. The van der Waals surface area contributed by atoms with Crippen molar-refractivity contribution in [3.63, 3.8) is 0 Å². The van der Waals surface area contributed by atoms with Crippen molar-refractivity contribution in [1.82, 2.24) is 10.2 Å². The first-order valence-electron chi connectivity index (χ1n) is 6.67. The summed E-state index contributed by atoms with van der Waals surface area (Å²) >= 11 is 2.78. The summed E-state index contributed by atoms with van der Waals surface area (Å²) in [4.78, 5) is 12.2. The van der Waals surface area contributed by atoms with Crippen LogP contribution in [-0.4, -0.2) is 27.9 Å². The van der Waals surface area contributed by atoms with E-state index >= 15 is 0 Å². The van der Waals surface area contributed by atoms with Gasteiger partial charge >= 0.3 is 0 Å². The molecule has 1 aromatic carbocycles. The van der Waals surface area contributed by atoms with Gasteiger partial charge in [-0.2, -0.15) is 5.26 Å². The lowest BCUT2D eigenvalue weighted by atomic mass is 10.2. The monoisotopic (exact) mass is 333 g/mol. The number of carbonyl (C=O) groups excluding carboxylic acids is 1. The van der Waals surface area contributed by atoms with Gasteiger partial charge in [-0.1, -0.05) is 29.2 Å². The molecule has 2 N–H and O–H groups in total. The van der Waals surface area contributed by atoms with Crippen LogP contribution in [0.25, 0.3) is 0 Å². The highest BCUT2D eigenvalue weighted by Crippen LogP contribution is 2.29. The maximum atomic E-state index is 12.2. The molecule has 0 saturated carbocycles. The highest BCUT2D eigenvalue weighted by atomic mass is 32.2. The Bertz CT molecular complexity index is 695. The number of thioether (sulfide) groups is 1. The van der Waals surface area contributed by atoms with Crippen molar-refractivity contribution >= 4 is 39.8 Å². The molecular formula is C14H15N5OS2. The molecule has 1 atom stereocenters. The van der Waals surface area contributed by atoms with Gasteiger partial charge in [0.25, 0.3) is 0 Å². The Balaban J connectivity index is 1.95. The van der Waals surface area contributed by atoms with E-state index in [2.05, 4.69) is 20.8 Å². The van der Waals surface area contributed by atoms with Crippen LogP contribution in [0.15, 0.2) is 28.6 Å². The predicted octanol–water partition coefficient (Wildman–Crippen LogP) is 2.96. The first-order chi connectivity index (χ1) is 10.6. The van der Waals surface area contributed by atoms with Crippen molar-refractivity contribution in [1.29, 1.82) is 5.26 Å². The van der Waals surface area contributed by atoms with E-state index < -0.39 is 0 Å². The molecule has 0 aliphatic heterocycles. The topological polar surface area (TPSA) is 90.7 Å². The van der Waals surface area contributed by atoms with E-state index in [1.54, 1.807) is 24.3 Å². The van der Waals surface area contributed by atoms with Gasteiger partial charge in [0.15, 0.2) is 4.34 Å². The van der Waals surface area contributed by atoms with Crippen molar-refractivity contribution in [3.05, 3.63) is 29.8 Å². The van der Waals surface area contributed by atoms with Crippen molar-refractivity contribution < 1.29 is 4.79 Å². The minimum Gasteiger partial charge on any atom is -0.360 e. The van der Waals surface area contributed by atoms with Crippen molar-refractivity contribution in [3.8, 4) is 6.07 Å². The minimum atomic E-state index is -0.312. The number of carbonyl (C=O) groups is 1. The van der Waals surface area contributed by atoms with Gasteiger partial charge in [0, 0.05) is 12.2 Å². The molecule has 22 heavy (non-hydrogen) atoms. The van der Waals surface area contributed by atoms with Crippen LogP contribution < -0.4 is 10.6 Å². The molecule has 2 aromatic rings. The zero-order valence-electron chi connectivity index (χ0n) is 12.2. The Kier molecular flexibility index (Phi) is 5.75. The first kappa shape index (κ1) is 16.3. The molecule has 0 aliphatic carbocycles. The van der Waals surface area contributed by atoms with Crippen LogP contribution in [0.3, 0.4) is 0 Å². The molecule has 2 rings (SSSR count). The fraction of sp³-hybridized carbons (Fsp3) is 0.286. The molecule has 1 aromatic heterocycles. The molecule has 8 heteroatoms. The SMILES string of the molecule is CCNc1nnc(S[C@H](C)C(=O)Nc2cccc(C#N)c2)s1. The fourth-order valence-electron chi connectivity index (χ4n) is 1.60. The third-order valence-electron chi connectivity index (χ3n) is 2.64. The van der Waals surface area contributed by atoms with Crippen molar-refractivity contribution in [2.75, 3.05) is 17.2 Å². The summed E-state index contributed by atoms with van der Waals surface area (Å²) in [7, 11) is 0. The largest absolute Gasteiger partial charge is 0.360 e. The van der Waals surface area contributed by atoms with Gasteiger partial charge in [-0.25, -0.2) is 0 Å². The van der Waals surface area contributed by atoms with Gasteiger partial charge < -0.3 is 10.6 Å². The number of hydrogen-bond donors (Lipinski definition) is 2. The van der Waals surface area contributed by atoms with Crippen LogP contribution in [0.4, 0.5) is 10.8 Å². The number of amides is 1. The molecule has 1 heterocycles. The van der Waals surface area contributed by atoms with Crippen LogP contribution in [0.5, 0.6) is 0 Å². The lowest BCUT2D eigenvalue weighted by molar-refractivity contribution is -0.115. The van der Waals surface area contributed by atoms with E-state index in [-0.39, 0.29) is 11.2 Å². The molecular weight excluding hydrogens is 318 g/mol. The zero-order valence-corrected chi connectivity index (χ0v) is 13.8. The van der Waals surface area contributed by atoms with E-state index in [0.717, 1.165) is 16.0 Å². The standard InChI is InChI=1S/C14H15N5OS2/c1-3-16-13-18-19-14(22-13)21-9(2)12(20)17-11-6-4-5-10(7-11)8-15/h4-7,9H,3H2,1-2H3,(H,16,18)(H,17,20)/t9-/m1/s1. The Morgan fingerprint density at radius 2 is 2.32 bits per heavy atom. The van der Waals surface area contributed by atoms with Gasteiger partial charge in [0.1, 0.15) is 0 Å². The average molecular weight is 333 g/mol. The van der Waals surface area contributed by atoms with E-state index in [4.69, 9.17) is 5.26 Å². The Morgan fingerprint density at radius 3 is 3.05 bits per heavy atom. The zero-order chi connectivity index (χ0) is 15.9. The van der Waals surface area contributed by atoms with Crippen molar-refractivity contribution in [2.45, 2.75) is 23.4 Å². The highest BCUT2D eigenvalue weighted by molar-refractivity contribution is 8.02. The van der Waals surface area contributed by atoms with Gasteiger partial charge in [-0.15, -0.1) is 10.2 Å². The summed E-state index contributed by atoms with van der Waals surface area (Å²) in [5, 5.41) is 23.2. The van der Waals surface area contributed by atoms with Gasteiger partial charge in [0.05, 0.1) is 16.9 Å². The van der Waals surface area contributed by atoms with E-state index in [0.29, 0.717) is 11.3 Å². The van der Waals surface area contributed by atoms with E-state index in [1.807, 2.05) is 19.9 Å². The molecule has 0 bridgehead atoms. The summed E-state index contributed by atoms with van der Waals surface area (Å²) in [5.74, 6) is -0.139. The van der Waals surface area contributed by atoms with Gasteiger partial charge in [-0.05, 0) is 32.0 Å². The smallest absolute Gasteiger partial charge is 0.237 e. The molecule has 0 saturated heterocycles. The number of hydrogen-bond acceptors (Lipinski definition) is 7. The molecule has 0 spiro atoms. The third kappa shape index (κ3) is 4.44. The van der Waals surface area contributed by atoms with E-state index in [1.165, 1.54) is 23.1 Å². The predicted molar refractivity (Wildman–Crippen MR) is 89.2 cm³/mol. The third-order valence-corrected chi connectivity index (χ3v) is 4.71. The second kappa shape index (κ2) is 7.77. The Hall–Kier alpha value is -2.11.